The van der Waals surface area contributed by atoms with Gasteiger partial charge in [-0.2, -0.15) is 0 Å². The van der Waals surface area contributed by atoms with Crippen LogP contribution >= 0.6 is 11.3 Å². The number of thiazole rings is 1. The number of para-hydroxylation sites is 2. The van der Waals surface area contributed by atoms with Crippen molar-refractivity contribution in [1.29, 1.82) is 0 Å². The minimum atomic E-state index is 0.264. The fraction of sp³-hybridized carbons (Fsp3) is 0. The lowest BCUT2D eigenvalue weighted by molar-refractivity contribution is 0.477. The number of hydrogen-bond donors (Lipinski definition) is 1. The second kappa shape index (κ2) is 13.0. The molecule has 11 rings (SSSR count). The molecule has 0 spiro atoms. The molecule has 0 aliphatic rings. The molecule has 56 heavy (non-hydrogen) atoms. The zero-order valence-electron chi connectivity index (χ0n) is 30.1. The van der Waals surface area contributed by atoms with E-state index < -0.39 is 0 Å². The third-order valence-corrected chi connectivity index (χ3v) is 11.9. The Morgan fingerprint density at radius 3 is 1.93 bits per heavy atom. The number of phenols is 1. The van der Waals surface area contributed by atoms with Gasteiger partial charge in [0.15, 0.2) is 0 Å². The standard InChI is InChI=1S/C51H32N2O2S/c54-46-12-6-4-10-41(46)33-20-25-39(26-21-33)53(40-27-29-48-44(31-40)42-11-5-7-13-47(42)55-48)38-23-18-32(19-24-38)37-17-15-34-14-16-35-22-28-45-50(49(35)43(34)30-37)56-51(52-45)36-8-2-1-3-9-36/h1-31,54H. The number of furan rings is 1. The fourth-order valence-corrected chi connectivity index (χ4v) is 9.16. The lowest BCUT2D eigenvalue weighted by Crippen LogP contribution is -2.09. The van der Waals surface area contributed by atoms with Crippen LogP contribution in [0, 0.1) is 0 Å². The molecule has 2 aromatic heterocycles. The van der Waals surface area contributed by atoms with Crippen LogP contribution in [-0.4, -0.2) is 10.1 Å². The monoisotopic (exact) mass is 736 g/mol. The minimum absolute atomic E-state index is 0.264. The van der Waals surface area contributed by atoms with Gasteiger partial charge < -0.3 is 14.4 Å². The third kappa shape index (κ3) is 5.40. The van der Waals surface area contributed by atoms with Gasteiger partial charge in [0.2, 0.25) is 0 Å². The Kier molecular flexibility index (Phi) is 7.47. The summed E-state index contributed by atoms with van der Waals surface area (Å²) in [6, 6.07) is 65.2. The van der Waals surface area contributed by atoms with Gasteiger partial charge in [0.05, 0.1) is 10.2 Å². The van der Waals surface area contributed by atoms with Gasteiger partial charge in [0.1, 0.15) is 21.9 Å². The Bertz CT molecular complexity index is 3260. The van der Waals surface area contributed by atoms with Crippen molar-refractivity contribution in [3.05, 3.63) is 188 Å². The fourth-order valence-electron chi connectivity index (χ4n) is 8.02. The molecule has 0 saturated heterocycles. The average Bonchev–Trinajstić information content (AvgIpc) is 3.87. The van der Waals surface area contributed by atoms with Crippen molar-refractivity contribution in [1.82, 2.24) is 4.98 Å². The van der Waals surface area contributed by atoms with E-state index in [1.807, 2.05) is 36.4 Å². The van der Waals surface area contributed by atoms with E-state index in [0.29, 0.717) is 0 Å². The number of aromatic nitrogens is 1. The van der Waals surface area contributed by atoms with Crippen LogP contribution in [0.4, 0.5) is 17.1 Å². The summed E-state index contributed by atoms with van der Waals surface area (Å²) in [7, 11) is 0. The van der Waals surface area contributed by atoms with Crippen molar-refractivity contribution >= 4 is 82.1 Å². The zero-order valence-corrected chi connectivity index (χ0v) is 30.9. The molecule has 0 unspecified atom stereocenters. The maximum Gasteiger partial charge on any atom is 0.135 e. The molecule has 11 aromatic rings. The van der Waals surface area contributed by atoms with E-state index in [0.717, 1.165) is 77.3 Å². The van der Waals surface area contributed by atoms with E-state index in [2.05, 4.69) is 150 Å². The van der Waals surface area contributed by atoms with E-state index >= 15 is 0 Å². The molecule has 5 heteroatoms. The molecule has 4 nitrogen and oxygen atoms in total. The lowest BCUT2D eigenvalue weighted by atomic mass is 9.96. The largest absolute Gasteiger partial charge is 0.507 e. The van der Waals surface area contributed by atoms with Crippen molar-refractivity contribution < 1.29 is 9.52 Å². The lowest BCUT2D eigenvalue weighted by Gasteiger charge is -2.26. The van der Waals surface area contributed by atoms with Crippen LogP contribution in [0.5, 0.6) is 5.75 Å². The summed E-state index contributed by atoms with van der Waals surface area (Å²) in [5.41, 5.74) is 11.0. The molecule has 0 saturated carbocycles. The summed E-state index contributed by atoms with van der Waals surface area (Å²) in [4.78, 5) is 7.32. The van der Waals surface area contributed by atoms with Crippen molar-refractivity contribution in [2.75, 3.05) is 4.90 Å². The molecule has 0 bridgehead atoms. The Balaban J connectivity index is 1.02. The van der Waals surface area contributed by atoms with E-state index in [-0.39, 0.29) is 5.75 Å². The van der Waals surface area contributed by atoms with Crippen LogP contribution in [0.15, 0.2) is 192 Å². The van der Waals surface area contributed by atoms with Crippen LogP contribution in [0.1, 0.15) is 0 Å². The molecule has 0 fully saturated rings. The van der Waals surface area contributed by atoms with Crippen LogP contribution in [-0.2, 0) is 0 Å². The van der Waals surface area contributed by atoms with E-state index in [1.54, 1.807) is 17.4 Å². The minimum Gasteiger partial charge on any atom is -0.507 e. The first-order chi connectivity index (χ1) is 27.6. The van der Waals surface area contributed by atoms with Gasteiger partial charge in [-0.3, -0.25) is 0 Å². The van der Waals surface area contributed by atoms with Gasteiger partial charge in [-0.25, -0.2) is 4.98 Å². The molecular weight excluding hydrogens is 705 g/mol. The topological polar surface area (TPSA) is 49.5 Å². The molecule has 1 N–H and O–H groups in total. The maximum atomic E-state index is 10.6. The third-order valence-electron chi connectivity index (χ3n) is 10.8. The average molecular weight is 737 g/mol. The number of hydrogen-bond acceptors (Lipinski definition) is 5. The second-order valence-corrected chi connectivity index (χ2v) is 15.1. The molecule has 0 amide bonds. The highest BCUT2D eigenvalue weighted by molar-refractivity contribution is 7.22. The zero-order chi connectivity index (χ0) is 37.2. The molecular formula is C51H32N2O2S. The Labute approximate surface area is 326 Å². The Morgan fingerprint density at radius 2 is 1.11 bits per heavy atom. The van der Waals surface area contributed by atoms with Gasteiger partial charge in [0, 0.05) is 44.3 Å². The summed E-state index contributed by atoms with van der Waals surface area (Å²) in [6.45, 7) is 0. The first kappa shape index (κ1) is 32.2. The summed E-state index contributed by atoms with van der Waals surface area (Å²) >= 11 is 1.76. The second-order valence-electron chi connectivity index (χ2n) is 14.1. The number of anilines is 3. The number of benzene rings is 9. The number of fused-ring (bicyclic) bond motifs is 8. The van der Waals surface area contributed by atoms with Crippen LogP contribution in [0.25, 0.3) is 86.5 Å². The summed E-state index contributed by atoms with van der Waals surface area (Å²) in [6.07, 6.45) is 0. The molecule has 264 valence electrons. The highest BCUT2D eigenvalue weighted by Crippen LogP contribution is 2.42. The van der Waals surface area contributed by atoms with Gasteiger partial charge in [-0.05, 0) is 99.6 Å². The number of nitrogens with zero attached hydrogens (tertiary/aromatic N) is 2. The quantitative estimate of drug-likeness (QED) is 0.173. The summed E-state index contributed by atoms with van der Waals surface area (Å²) in [5.74, 6) is 0.264. The molecule has 0 radical (unpaired) electrons. The van der Waals surface area contributed by atoms with Crippen molar-refractivity contribution in [3.8, 4) is 38.6 Å². The number of rotatable bonds is 6. The number of phenolic OH excluding ortho intramolecular Hbond substituents is 1. The van der Waals surface area contributed by atoms with Gasteiger partial charge in [-0.1, -0.05) is 121 Å². The van der Waals surface area contributed by atoms with Crippen LogP contribution in [0.2, 0.25) is 0 Å². The van der Waals surface area contributed by atoms with Gasteiger partial charge >= 0.3 is 0 Å². The predicted molar refractivity (Wildman–Crippen MR) is 235 cm³/mol. The normalized spacial score (nSPS) is 11.6. The first-order valence-electron chi connectivity index (χ1n) is 18.7. The van der Waals surface area contributed by atoms with Gasteiger partial charge in [-0.15, -0.1) is 11.3 Å². The van der Waals surface area contributed by atoms with Crippen LogP contribution < -0.4 is 4.90 Å². The highest BCUT2D eigenvalue weighted by atomic mass is 32.1. The molecule has 0 aliphatic heterocycles. The van der Waals surface area contributed by atoms with Crippen LogP contribution in [0.3, 0.4) is 0 Å². The molecule has 0 aliphatic carbocycles. The molecule has 2 heterocycles. The maximum absolute atomic E-state index is 10.6. The van der Waals surface area contributed by atoms with Crippen molar-refractivity contribution in [2.24, 2.45) is 0 Å². The Hall–Kier alpha value is -7.21. The molecule has 9 aromatic carbocycles. The van der Waals surface area contributed by atoms with E-state index in [1.165, 1.54) is 26.2 Å². The SMILES string of the molecule is Oc1ccccc1-c1ccc(N(c2ccc(-c3ccc4ccc5ccc6nc(-c7ccccc7)sc6c5c4c3)cc2)c2ccc3oc4ccccc4c3c2)cc1. The van der Waals surface area contributed by atoms with Gasteiger partial charge in [0.25, 0.3) is 0 Å². The predicted octanol–water partition coefficient (Wildman–Crippen LogP) is 14.7. The van der Waals surface area contributed by atoms with E-state index in [9.17, 15) is 5.11 Å². The first-order valence-corrected chi connectivity index (χ1v) is 19.5. The smallest absolute Gasteiger partial charge is 0.135 e. The Morgan fingerprint density at radius 1 is 0.464 bits per heavy atom. The number of aromatic hydroxyl groups is 1. The van der Waals surface area contributed by atoms with E-state index in [4.69, 9.17) is 9.40 Å². The highest BCUT2D eigenvalue weighted by Gasteiger charge is 2.17. The summed E-state index contributed by atoms with van der Waals surface area (Å²) < 4.78 is 7.41. The molecule has 0 atom stereocenters. The van der Waals surface area contributed by atoms with Crippen molar-refractivity contribution in [2.45, 2.75) is 0 Å². The summed E-state index contributed by atoms with van der Waals surface area (Å²) in [5, 5.41) is 18.7. The van der Waals surface area contributed by atoms with Crippen molar-refractivity contribution in [3.63, 3.8) is 0 Å².